The van der Waals surface area contributed by atoms with E-state index in [1.165, 1.54) is 19.2 Å². The van der Waals surface area contributed by atoms with E-state index in [9.17, 15) is 13.2 Å². The molecule has 0 aromatic heterocycles. The second-order valence-electron chi connectivity index (χ2n) is 4.83. The van der Waals surface area contributed by atoms with Crippen molar-refractivity contribution in [2.45, 2.75) is 11.3 Å². The first-order chi connectivity index (χ1) is 10.9. The molecule has 0 radical (unpaired) electrons. The van der Waals surface area contributed by atoms with Crippen LogP contribution in [0.5, 0.6) is 5.75 Å². The lowest BCUT2D eigenvalue weighted by molar-refractivity contribution is -0.119. The fraction of sp³-hybridized carbons (Fsp3) is 0.188. The van der Waals surface area contributed by atoms with Gasteiger partial charge in [0.15, 0.2) is 0 Å². The molecule has 23 heavy (non-hydrogen) atoms. The highest BCUT2D eigenvalue weighted by Crippen LogP contribution is 2.20. The highest BCUT2D eigenvalue weighted by atomic mass is 32.2. The number of ether oxygens (including phenoxy) is 1. The first-order valence-corrected chi connectivity index (χ1v) is 8.39. The first kappa shape index (κ1) is 16.8. The minimum Gasteiger partial charge on any atom is -0.497 e. The van der Waals surface area contributed by atoms with E-state index in [4.69, 9.17) is 4.74 Å². The number of hydrogen-bond acceptors (Lipinski definition) is 4. The van der Waals surface area contributed by atoms with Gasteiger partial charge >= 0.3 is 0 Å². The van der Waals surface area contributed by atoms with Crippen molar-refractivity contribution >= 4 is 21.6 Å². The number of nitrogens with one attached hydrogen (secondary N) is 2. The molecule has 2 rings (SSSR count). The summed E-state index contributed by atoms with van der Waals surface area (Å²) in [5.41, 5.74) is 1.22. The number of sulfonamides is 1. The van der Waals surface area contributed by atoms with Crippen molar-refractivity contribution in [1.82, 2.24) is 5.32 Å². The Morgan fingerprint density at radius 1 is 1.13 bits per heavy atom. The lowest BCUT2D eigenvalue weighted by Gasteiger charge is -2.10. The Kier molecular flexibility index (Phi) is 5.23. The third-order valence-electron chi connectivity index (χ3n) is 3.20. The summed E-state index contributed by atoms with van der Waals surface area (Å²) in [7, 11) is -0.651. The molecule has 2 aromatic rings. The van der Waals surface area contributed by atoms with Gasteiger partial charge in [-0.15, -0.1) is 0 Å². The number of methoxy groups -OCH3 is 1. The molecule has 0 heterocycles. The number of hydrogen-bond donors (Lipinski definition) is 2. The quantitative estimate of drug-likeness (QED) is 0.843. The topological polar surface area (TPSA) is 84.5 Å². The number of likely N-dealkylation sites (N-methyl/N-ethyl adjacent to an activating group) is 1. The molecule has 2 N–H and O–H groups in total. The summed E-state index contributed by atoms with van der Waals surface area (Å²) in [5.74, 6) is 0.364. The highest BCUT2D eigenvalue weighted by molar-refractivity contribution is 7.92. The number of amides is 1. The zero-order valence-electron chi connectivity index (χ0n) is 12.9. The molecule has 0 unspecified atom stereocenters. The molecule has 0 saturated carbocycles. The fourth-order valence-corrected chi connectivity index (χ4v) is 3.04. The standard InChI is InChI=1S/C16H18N2O4S/c1-17-16(19)10-12-6-8-13(9-7-12)18-23(20,21)15-5-3-4-14(11-15)22-2/h3-9,11,18H,10H2,1-2H3,(H,17,19). The number of carbonyl (C=O) groups is 1. The van der Waals surface area contributed by atoms with E-state index in [1.807, 2.05) is 0 Å². The minimum atomic E-state index is -3.70. The molecule has 0 bridgehead atoms. The third-order valence-corrected chi connectivity index (χ3v) is 4.58. The van der Waals surface area contributed by atoms with Crippen LogP contribution in [-0.2, 0) is 21.2 Å². The van der Waals surface area contributed by atoms with Crippen LogP contribution in [0.3, 0.4) is 0 Å². The third kappa shape index (κ3) is 4.46. The Morgan fingerprint density at radius 3 is 2.43 bits per heavy atom. The van der Waals surface area contributed by atoms with Gasteiger partial charge in [-0.25, -0.2) is 8.42 Å². The average molecular weight is 334 g/mol. The Labute approximate surface area is 135 Å². The van der Waals surface area contributed by atoms with Crippen molar-refractivity contribution in [2.24, 2.45) is 0 Å². The summed E-state index contributed by atoms with van der Waals surface area (Å²) in [6, 6.07) is 12.9. The van der Waals surface area contributed by atoms with Gasteiger partial charge in [0.05, 0.1) is 18.4 Å². The van der Waals surface area contributed by atoms with Crippen LogP contribution in [0.4, 0.5) is 5.69 Å². The number of anilines is 1. The summed E-state index contributed by atoms with van der Waals surface area (Å²) in [5, 5.41) is 2.54. The zero-order valence-corrected chi connectivity index (χ0v) is 13.7. The number of rotatable bonds is 6. The molecule has 0 spiro atoms. The average Bonchev–Trinajstić information content (AvgIpc) is 2.56. The van der Waals surface area contributed by atoms with Crippen LogP contribution < -0.4 is 14.8 Å². The lowest BCUT2D eigenvalue weighted by Crippen LogP contribution is -2.19. The predicted octanol–water partition coefficient (Wildman–Crippen LogP) is 1.78. The molecule has 0 aliphatic heterocycles. The summed E-state index contributed by atoms with van der Waals surface area (Å²) in [4.78, 5) is 11.4. The Morgan fingerprint density at radius 2 is 1.83 bits per heavy atom. The van der Waals surface area contributed by atoms with Gasteiger partial charge in [0.25, 0.3) is 10.0 Å². The summed E-state index contributed by atoms with van der Waals surface area (Å²) >= 11 is 0. The van der Waals surface area contributed by atoms with E-state index in [2.05, 4.69) is 10.0 Å². The molecule has 0 atom stereocenters. The molecule has 7 heteroatoms. The molecule has 0 aliphatic rings. The normalized spacial score (nSPS) is 10.9. The molecule has 0 fully saturated rings. The number of benzene rings is 2. The minimum absolute atomic E-state index is 0.102. The van der Waals surface area contributed by atoms with E-state index in [0.29, 0.717) is 11.4 Å². The van der Waals surface area contributed by atoms with E-state index >= 15 is 0 Å². The fourth-order valence-electron chi connectivity index (χ4n) is 1.95. The predicted molar refractivity (Wildman–Crippen MR) is 88.0 cm³/mol. The van der Waals surface area contributed by atoms with Crippen molar-refractivity contribution in [3.8, 4) is 5.75 Å². The van der Waals surface area contributed by atoms with Crippen LogP contribution in [0, 0.1) is 0 Å². The van der Waals surface area contributed by atoms with Gasteiger partial charge in [-0.2, -0.15) is 0 Å². The molecular formula is C16H18N2O4S. The summed E-state index contributed by atoms with van der Waals surface area (Å²) in [6.07, 6.45) is 0.249. The van der Waals surface area contributed by atoms with Gasteiger partial charge in [0.1, 0.15) is 5.75 Å². The van der Waals surface area contributed by atoms with E-state index in [1.54, 1.807) is 43.4 Å². The van der Waals surface area contributed by atoms with Gasteiger partial charge in [-0.3, -0.25) is 9.52 Å². The van der Waals surface area contributed by atoms with E-state index in [0.717, 1.165) is 5.56 Å². The SMILES string of the molecule is CNC(=O)Cc1ccc(NS(=O)(=O)c2cccc(OC)c2)cc1. The van der Waals surface area contributed by atoms with Crippen molar-refractivity contribution in [1.29, 1.82) is 0 Å². The van der Waals surface area contributed by atoms with Crippen LogP contribution in [0.15, 0.2) is 53.4 Å². The van der Waals surface area contributed by atoms with Crippen molar-refractivity contribution < 1.29 is 17.9 Å². The number of carbonyl (C=O) groups excluding carboxylic acids is 1. The van der Waals surface area contributed by atoms with Crippen LogP contribution in [-0.4, -0.2) is 28.5 Å². The Bertz CT molecular complexity index is 786. The first-order valence-electron chi connectivity index (χ1n) is 6.91. The molecule has 6 nitrogen and oxygen atoms in total. The summed E-state index contributed by atoms with van der Waals surface area (Å²) < 4.78 is 32.2. The van der Waals surface area contributed by atoms with E-state index in [-0.39, 0.29) is 17.2 Å². The van der Waals surface area contributed by atoms with Crippen LogP contribution in [0.1, 0.15) is 5.56 Å². The Balaban J connectivity index is 2.15. The monoisotopic (exact) mass is 334 g/mol. The smallest absolute Gasteiger partial charge is 0.262 e. The maximum Gasteiger partial charge on any atom is 0.262 e. The van der Waals surface area contributed by atoms with Crippen LogP contribution in [0.25, 0.3) is 0 Å². The van der Waals surface area contributed by atoms with Crippen LogP contribution >= 0.6 is 0 Å². The van der Waals surface area contributed by atoms with Gasteiger partial charge in [0, 0.05) is 18.8 Å². The van der Waals surface area contributed by atoms with Gasteiger partial charge < -0.3 is 10.1 Å². The van der Waals surface area contributed by atoms with Crippen molar-refractivity contribution in [3.63, 3.8) is 0 Å². The Hall–Kier alpha value is -2.54. The molecule has 1 amide bonds. The maximum atomic E-state index is 12.3. The molecule has 2 aromatic carbocycles. The molecule has 0 aliphatic carbocycles. The van der Waals surface area contributed by atoms with Gasteiger partial charge in [-0.05, 0) is 29.8 Å². The summed E-state index contributed by atoms with van der Waals surface area (Å²) in [6.45, 7) is 0. The maximum absolute atomic E-state index is 12.3. The van der Waals surface area contributed by atoms with Crippen molar-refractivity contribution in [2.75, 3.05) is 18.9 Å². The molecule has 122 valence electrons. The molecular weight excluding hydrogens is 316 g/mol. The second kappa shape index (κ2) is 7.15. The lowest BCUT2D eigenvalue weighted by atomic mass is 10.1. The highest BCUT2D eigenvalue weighted by Gasteiger charge is 2.15. The molecule has 0 saturated heterocycles. The van der Waals surface area contributed by atoms with Gasteiger partial charge in [-0.1, -0.05) is 18.2 Å². The van der Waals surface area contributed by atoms with E-state index < -0.39 is 10.0 Å². The zero-order chi connectivity index (χ0) is 16.9. The second-order valence-corrected chi connectivity index (χ2v) is 6.51. The largest absolute Gasteiger partial charge is 0.497 e. The van der Waals surface area contributed by atoms with Gasteiger partial charge in [0.2, 0.25) is 5.91 Å². The van der Waals surface area contributed by atoms with Crippen molar-refractivity contribution in [3.05, 3.63) is 54.1 Å². The van der Waals surface area contributed by atoms with Crippen LogP contribution in [0.2, 0.25) is 0 Å².